The highest BCUT2D eigenvalue weighted by molar-refractivity contribution is 6.22. The van der Waals surface area contributed by atoms with Crippen LogP contribution in [0.3, 0.4) is 0 Å². The lowest BCUT2D eigenvalue weighted by molar-refractivity contribution is -0.137. The molecule has 0 spiro atoms. The molecule has 5 heteroatoms. The molecule has 15 heavy (non-hydrogen) atoms. The van der Waals surface area contributed by atoms with Gasteiger partial charge in [0.25, 0.3) is 11.8 Å². The van der Waals surface area contributed by atoms with Gasteiger partial charge in [0.2, 0.25) is 0 Å². The molecule has 5 nitrogen and oxygen atoms in total. The number of carbonyl (C=O) groups excluding carboxylic acids is 2. The maximum atomic E-state index is 11.6. The van der Waals surface area contributed by atoms with Crippen LogP contribution in [0.4, 0.5) is 0 Å². The molecule has 0 bridgehead atoms. The van der Waals surface area contributed by atoms with Gasteiger partial charge in [0.1, 0.15) is 6.54 Å². The molecule has 1 N–H and O–H groups in total. The monoisotopic (exact) mass is 208 g/mol. The molecule has 0 saturated carbocycles. The molecule has 0 atom stereocenters. The third-order valence-corrected chi connectivity index (χ3v) is 2.17. The van der Waals surface area contributed by atoms with Crippen LogP contribution in [0.15, 0.2) is 24.3 Å². The number of carboxylic acid groups (broad SMARTS) is 1. The van der Waals surface area contributed by atoms with Crippen LogP contribution in [0, 0.1) is 0 Å². The molecule has 2 amide bonds. The first-order valence-corrected chi connectivity index (χ1v) is 4.28. The number of imide groups is 1. The molecule has 0 saturated heterocycles. The quantitative estimate of drug-likeness (QED) is 0.432. The highest BCUT2D eigenvalue weighted by Gasteiger charge is 2.35. The number of amides is 2. The Bertz CT molecular complexity index is 431. The first-order chi connectivity index (χ1) is 7.11. The molecule has 1 aromatic rings. The van der Waals surface area contributed by atoms with Gasteiger partial charge in [-0.1, -0.05) is 12.1 Å². The van der Waals surface area contributed by atoms with Crippen LogP contribution in [0.2, 0.25) is 0 Å². The fourth-order valence-corrected chi connectivity index (χ4v) is 1.52. The first kappa shape index (κ1) is 9.39. The standard InChI is InChI=1S/C10H7NO4/c12-8(13)5-11-9(14)6-3-1-2-4-7(6)10(11)15/h1-4H,5H2,(H,12,13)/i5+1,8+1,11+1. The van der Waals surface area contributed by atoms with Crippen LogP contribution in [0.25, 0.3) is 0 Å². The van der Waals surface area contributed by atoms with E-state index >= 15 is 0 Å². The van der Waals surface area contributed by atoms with Crippen LogP contribution >= 0.6 is 0 Å². The van der Waals surface area contributed by atoms with Crippen molar-refractivity contribution >= 4 is 17.8 Å². The predicted molar refractivity (Wildman–Crippen MR) is 49.4 cm³/mol. The Morgan fingerprint density at radius 1 is 1.13 bits per heavy atom. The molecule has 0 aromatic heterocycles. The predicted octanol–water partition coefficient (Wildman–Crippen LogP) is 0.367. The fourth-order valence-electron chi connectivity index (χ4n) is 1.52. The number of benzene rings is 1. The van der Waals surface area contributed by atoms with Crippen LogP contribution in [0.5, 0.6) is 0 Å². The molecule has 2 rings (SSSR count). The average Bonchev–Trinajstić information content (AvgIpc) is 2.44. The maximum Gasteiger partial charge on any atom is 0.323 e. The number of aliphatic carboxylic acids is 1. The molecule has 1 aliphatic heterocycles. The SMILES string of the molecule is O=C1c2ccccc2C(=O)[15N]1[13CH2][13C](=O)O. The van der Waals surface area contributed by atoms with Crippen LogP contribution in [-0.2, 0) is 4.79 Å². The van der Waals surface area contributed by atoms with Crippen molar-refractivity contribution in [2.24, 2.45) is 0 Å². The van der Waals surface area contributed by atoms with Crippen molar-refractivity contribution in [2.45, 2.75) is 0 Å². The topological polar surface area (TPSA) is 74.7 Å². The summed E-state index contributed by atoms with van der Waals surface area (Å²) >= 11 is 0. The van der Waals surface area contributed by atoms with Gasteiger partial charge >= 0.3 is 5.97 Å². The van der Waals surface area contributed by atoms with E-state index in [1.807, 2.05) is 0 Å². The lowest BCUT2D eigenvalue weighted by Crippen LogP contribution is -2.34. The third-order valence-electron chi connectivity index (χ3n) is 2.17. The van der Waals surface area contributed by atoms with Crippen molar-refractivity contribution in [3.8, 4) is 0 Å². The smallest absolute Gasteiger partial charge is 0.323 e. The zero-order chi connectivity index (χ0) is 11.0. The summed E-state index contributed by atoms with van der Waals surface area (Å²) in [6.45, 7) is -0.591. The molecular formula is C10H7NO4. The Balaban J connectivity index is 2.41. The number of hydrogen-bond acceptors (Lipinski definition) is 3. The minimum Gasteiger partial charge on any atom is -0.480 e. The molecular weight excluding hydrogens is 201 g/mol. The lowest BCUT2D eigenvalue weighted by atomic mass is 10.1. The summed E-state index contributed by atoms with van der Waals surface area (Å²) in [5, 5.41) is 8.54. The van der Waals surface area contributed by atoms with E-state index in [2.05, 4.69) is 0 Å². The average molecular weight is 208 g/mol. The molecule has 1 heterocycles. The normalized spacial score (nSPS) is 14.3. The van der Waals surface area contributed by atoms with Crippen molar-refractivity contribution in [3.05, 3.63) is 35.4 Å². The molecule has 0 fully saturated rings. The summed E-state index contributed by atoms with van der Waals surface area (Å²) < 4.78 is 0. The molecule has 0 unspecified atom stereocenters. The Morgan fingerprint density at radius 2 is 1.60 bits per heavy atom. The van der Waals surface area contributed by atoms with Crippen LogP contribution < -0.4 is 0 Å². The third kappa shape index (κ3) is 1.38. The molecule has 0 aliphatic carbocycles. The van der Waals surface area contributed by atoms with E-state index in [0.717, 1.165) is 4.90 Å². The Morgan fingerprint density at radius 3 is 2.00 bits per heavy atom. The van der Waals surface area contributed by atoms with Crippen LogP contribution in [0.1, 0.15) is 20.7 Å². The van der Waals surface area contributed by atoms with E-state index in [1.165, 1.54) is 12.1 Å². The first-order valence-electron chi connectivity index (χ1n) is 4.28. The summed E-state index contributed by atoms with van der Waals surface area (Å²) in [7, 11) is 0. The van der Waals surface area contributed by atoms with Crippen molar-refractivity contribution < 1.29 is 19.5 Å². The van der Waals surface area contributed by atoms with E-state index in [-0.39, 0.29) is 11.1 Å². The summed E-state index contributed by atoms with van der Waals surface area (Å²) in [6, 6.07) is 6.29. The highest BCUT2D eigenvalue weighted by Crippen LogP contribution is 2.21. The molecule has 76 valence electrons. The number of fused-ring (bicyclic) bond motifs is 1. The highest BCUT2D eigenvalue weighted by atomic mass is 16.5. The largest absolute Gasteiger partial charge is 0.480 e. The van der Waals surface area contributed by atoms with E-state index in [0.29, 0.717) is 0 Å². The summed E-state index contributed by atoms with van der Waals surface area (Å²) in [4.78, 5) is 34.3. The molecule has 0 radical (unpaired) electrons. The summed E-state index contributed by atoms with van der Waals surface area (Å²) in [5.41, 5.74) is 0.535. The Labute approximate surface area is 84.9 Å². The van der Waals surface area contributed by atoms with Gasteiger partial charge < -0.3 is 5.11 Å². The summed E-state index contributed by atoms with van der Waals surface area (Å²) in [5.74, 6) is -2.29. The van der Waals surface area contributed by atoms with Gasteiger partial charge in [-0.25, -0.2) is 0 Å². The van der Waals surface area contributed by atoms with Gasteiger partial charge in [-0.2, -0.15) is 0 Å². The van der Waals surface area contributed by atoms with Crippen LogP contribution in [-0.4, -0.2) is 34.3 Å². The zero-order valence-electron chi connectivity index (χ0n) is 7.64. The van der Waals surface area contributed by atoms with Gasteiger partial charge in [-0.05, 0) is 12.1 Å². The second kappa shape index (κ2) is 3.20. The Kier molecular flexibility index (Phi) is 2.00. The van der Waals surface area contributed by atoms with Gasteiger partial charge in [-0.3, -0.25) is 19.3 Å². The van der Waals surface area contributed by atoms with Gasteiger partial charge in [0.05, 0.1) is 11.1 Å². The van der Waals surface area contributed by atoms with Crippen molar-refractivity contribution in [2.75, 3.05) is 6.54 Å². The second-order valence-electron chi connectivity index (χ2n) is 3.14. The van der Waals surface area contributed by atoms with Gasteiger partial charge in [0.15, 0.2) is 0 Å². The number of nitrogens with zero attached hydrogens (tertiary/aromatic N) is 1. The molecule has 1 aromatic carbocycles. The second-order valence-corrected chi connectivity index (χ2v) is 3.14. The minimum absolute atomic E-state index is 0.267. The number of hydrogen-bond donors (Lipinski definition) is 1. The van der Waals surface area contributed by atoms with E-state index < -0.39 is 24.3 Å². The van der Waals surface area contributed by atoms with E-state index in [4.69, 9.17) is 5.11 Å². The Hall–Kier alpha value is -2.17. The van der Waals surface area contributed by atoms with E-state index in [9.17, 15) is 14.4 Å². The maximum absolute atomic E-state index is 11.6. The van der Waals surface area contributed by atoms with Crippen molar-refractivity contribution in [1.82, 2.24) is 4.90 Å². The minimum atomic E-state index is -1.20. The fraction of sp³-hybridized carbons (Fsp3) is 0.100. The molecule has 1 aliphatic rings. The number of carboxylic acids is 1. The van der Waals surface area contributed by atoms with Gasteiger partial charge in [0, 0.05) is 0 Å². The zero-order valence-corrected chi connectivity index (χ0v) is 7.64. The number of carbonyl (C=O) groups is 3. The lowest BCUT2D eigenvalue weighted by Gasteiger charge is -2.09. The van der Waals surface area contributed by atoms with Crippen molar-refractivity contribution in [3.63, 3.8) is 0 Å². The van der Waals surface area contributed by atoms with Crippen molar-refractivity contribution in [1.29, 1.82) is 0 Å². The summed E-state index contributed by atoms with van der Waals surface area (Å²) in [6.07, 6.45) is 0. The number of rotatable bonds is 2. The van der Waals surface area contributed by atoms with E-state index in [1.54, 1.807) is 12.1 Å². The van der Waals surface area contributed by atoms with Gasteiger partial charge in [-0.15, -0.1) is 0 Å².